The number of hydrogen-bond donors (Lipinski definition) is 1. The van der Waals surface area contributed by atoms with E-state index in [0.717, 1.165) is 30.2 Å². The summed E-state index contributed by atoms with van der Waals surface area (Å²) < 4.78 is 66.6. The van der Waals surface area contributed by atoms with E-state index in [2.05, 4.69) is 20.0 Å². The molecule has 1 N–H and O–H groups in total. The molecule has 0 aromatic carbocycles. The van der Waals surface area contributed by atoms with Crippen LogP contribution in [0.2, 0.25) is 0 Å². The molecule has 7 nitrogen and oxygen atoms in total. The van der Waals surface area contributed by atoms with Crippen molar-refractivity contribution in [3.05, 3.63) is 11.9 Å². The summed E-state index contributed by atoms with van der Waals surface area (Å²) >= 11 is 0.788. The zero-order chi connectivity index (χ0) is 21.9. The molecule has 166 valence electrons. The molecule has 1 fully saturated rings. The number of ether oxygens (including phenoxy) is 3. The molecule has 0 aliphatic heterocycles. The van der Waals surface area contributed by atoms with Crippen LogP contribution in [0.25, 0.3) is 10.3 Å². The lowest BCUT2D eigenvalue weighted by molar-refractivity contribution is -0.153. The fourth-order valence-corrected chi connectivity index (χ4v) is 3.69. The van der Waals surface area contributed by atoms with Crippen molar-refractivity contribution in [2.75, 3.05) is 19.8 Å². The maximum absolute atomic E-state index is 14.2. The van der Waals surface area contributed by atoms with Crippen LogP contribution in [0.3, 0.4) is 0 Å². The molecular formula is C18H21F4N3O4S. The van der Waals surface area contributed by atoms with E-state index in [9.17, 15) is 22.4 Å². The Morgan fingerprint density at radius 1 is 1.33 bits per heavy atom. The molecule has 12 heteroatoms. The maximum atomic E-state index is 14.2. The third kappa shape index (κ3) is 6.39. The van der Waals surface area contributed by atoms with E-state index in [0.29, 0.717) is 6.61 Å². The first-order valence-electron chi connectivity index (χ1n) is 9.27. The standard InChI is InChI=1S/C18H21F4N3O4S/c1-9(23-10(2)26)6-27-12-3-11(4-12)7-28-15-13(19)5-14-16(25-15)30-17(24-14)29-8-18(20,21)22/h5,9,11-12H,3-4,6-8H2,1-2H3,(H,23,26)/t9-,11?,12?/m0/s1. The highest BCUT2D eigenvalue weighted by atomic mass is 32.1. The summed E-state index contributed by atoms with van der Waals surface area (Å²) in [5.74, 6) is -0.906. The second-order valence-corrected chi connectivity index (χ2v) is 8.13. The van der Waals surface area contributed by atoms with E-state index in [1.165, 1.54) is 6.92 Å². The maximum Gasteiger partial charge on any atom is 0.422 e. The minimum Gasteiger partial charge on any atom is -0.475 e. The number of nitrogens with one attached hydrogen (secondary N) is 1. The van der Waals surface area contributed by atoms with Crippen LogP contribution in [0, 0.1) is 11.7 Å². The number of carbonyl (C=O) groups is 1. The van der Waals surface area contributed by atoms with Gasteiger partial charge in [0.1, 0.15) is 5.52 Å². The van der Waals surface area contributed by atoms with Gasteiger partial charge in [0.15, 0.2) is 17.3 Å². The molecule has 1 aliphatic rings. The SMILES string of the molecule is CC(=O)N[C@@H](C)COC1CC(COc2nc3sc(OCC(F)(F)F)nc3cc2F)C1. The minimum atomic E-state index is -4.49. The number of fused-ring (bicyclic) bond motifs is 1. The molecule has 1 saturated carbocycles. The van der Waals surface area contributed by atoms with Crippen molar-refractivity contribution in [3.8, 4) is 11.1 Å². The van der Waals surface area contributed by atoms with Crippen molar-refractivity contribution < 1.29 is 36.6 Å². The van der Waals surface area contributed by atoms with E-state index in [1.807, 2.05) is 6.92 Å². The van der Waals surface area contributed by atoms with Crippen LogP contribution in [0.4, 0.5) is 17.6 Å². The first-order valence-corrected chi connectivity index (χ1v) is 10.1. The van der Waals surface area contributed by atoms with Gasteiger partial charge in [-0.15, -0.1) is 0 Å². The number of aromatic nitrogens is 2. The lowest BCUT2D eigenvalue weighted by Crippen LogP contribution is -2.40. The molecule has 2 heterocycles. The van der Waals surface area contributed by atoms with Gasteiger partial charge in [-0.1, -0.05) is 11.3 Å². The third-order valence-electron chi connectivity index (χ3n) is 4.32. The molecule has 0 unspecified atom stereocenters. The zero-order valence-electron chi connectivity index (χ0n) is 16.3. The molecule has 1 aliphatic carbocycles. The molecule has 2 aromatic heterocycles. The summed E-state index contributed by atoms with van der Waals surface area (Å²) in [6, 6.07) is 0.984. The summed E-state index contributed by atoms with van der Waals surface area (Å²) in [5, 5.41) is 2.50. The second-order valence-electron chi connectivity index (χ2n) is 7.19. The Balaban J connectivity index is 1.46. The van der Waals surface area contributed by atoms with Gasteiger partial charge in [-0.25, -0.2) is 9.37 Å². The van der Waals surface area contributed by atoms with Gasteiger partial charge in [0.25, 0.3) is 11.1 Å². The van der Waals surface area contributed by atoms with Gasteiger partial charge in [-0.05, 0) is 25.7 Å². The molecule has 1 atom stereocenters. The van der Waals surface area contributed by atoms with E-state index < -0.39 is 18.6 Å². The van der Waals surface area contributed by atoms with Crippen molar-refractivity contribution in [3.63, 3.8) is 0 Å². The van der Waals surface area contributed by atoms with Gasteiger partial charge in [-0.2, -0.15) is 18.2 Å². The molecule has 1 amide bonds. The van der Waals surface area contributed by atoms with Crippen molar-refractivity contribution >= 4 is 27.6 Å². The molecule has 0 saturated heterocycles. The number of alkyl halides is 3. The Morgan fingerprint density at radius 3 is 2.73 bits per heavy atom. The Morgan fingerprint density at radius 2 is 2.07 bits per heavy atom. The summed E-state index contributed by atoms with van der Waals surface area (Å²) in [5.41, 5.74) is 0.104. The predicted molar refractivity (Wildman–Crippen MR) is 100 cm³/mol. The van der Waals surface area contributed by atoms with Crippen LogP contribution in [0.15, 0.2) is 6.07 Å². The number of thiazole rings is 1. The first kappa shape index (κ1) is 22.5. The monoisotopic (exact) mass is 451 g/mol. The van der Waals surface area contributed by atoms with E-state index in [-0.39, 0.29) is 52.0 Å². The minimum absolute atomic E-state index is 0.0601. The normalized spacial score (nSPS) is 19.9. The van der Waals surface area contributed by atoms with Gasteiger partial charge in [-0.3, -0.25) is 4.79 Å². The van der Waals surface area contributed by atoms with Crippen LogP contribution in [-0.2, 0) is 9.53 Å². The Hall–Kier alpha value is -2.21. The van der Waals surface area contributed by atoms with Crippen LogP contribution in [0.5, 0.6) is 11.1 Å². The van der Waals surface area contributed by atoms with Gasteiger partial charge in [0, 0.05) is 19.0 Å². The molecule has 3 rings (SSSR count). The van der Waals surface area contributed by atoms with Crippen molar-refractivity contribution in [1.29, 1.82) is 0 Å². The molecule has 0 radical (unpaired) electrons. The summed E-state index contributed by atoms with van der Waals surface area (Å²) in [6.07, 6.45) is -2.94. The first-order chi connectivity index (χ1) is 14.1. The lowest BCUT2D eigenvalue weighted by atomic mass is 9.83. The van der Waals surface area contributed by atoms with Crippen LogP contribution in [0.1, 0.15) is 26.7 Å². The van der Waals surface area contributed by atoms with Gasteiger partial charge < -0.3 is 19.5 Å². The van der Waals surface area contributed by atoms with E-state index >= 15 is 0 Å². The lowest BCUT2D eigenvalue weighted by Gasteiger charge is -2.35. The van der Waals surface area contributed by atoms with Gasteiger partial charge in [0.2, 0.25) is 5.91 Å². The van der Waals surface area contributed by atoms with E-state index in [4.69, 9.17) is 9.47 Å². The fourth-order valence-electron chi connectivity index (χ4n) is 2.92. The highest BCUT2D eigenvalue weighted by Crippen LogP contribution is 2.33. The number of hydrogen-bond acceptors (Lipinski definition) is 7. The fraction of sp³-hybridized carbons (Fsp3) is 0.611. The number of amides is 1. The number of pyridine rings is 1. The van der Waals surface area contributed by atoms with E-state index in [1.54, 1.807) is 0 Å². The quantitative estimate of drug-likeness (QED) is 0.588. The Labute approximate surface area is 173 Å². The Bertz CT molecular complexity index is 886. The average molecular weight is 451 g/mol. The third-order valence-corrected chi connectivity index (χ3v) is 5.20. The molecular weight excluding hydrogens is 430 g/mol. The number of carbonyl (C=O) groups excluding carboxylic acids is 1. The smallest absolute Gasteiger partial charge is 0.422 e. The molecule has 30 heavy (non-hydrogen) atoms. The molecule has 0 bridgehead atoms. The van der Waals surface area contributed by atoms with Crippen LogP contribution in [-0.4, -0.2) is 54.0 Å². The second kappa shape index (κ2) is 9.29. The van der Waals surface area contributed by atoms with Crippen molar-refractivity contribution in [2.24, 2.45) is 5.92 Å². The van der Waals surface area contributed by atoms with Crippen LogP contribution >= 0.6 is 11.3 Å². The topological polar surface area (TPSA) is 82.6 Å². The van der Waals surface area contributed by atoms with Gasteiger partial charge in [0.05, 0.1) is 19.3 Å². The summed E-state index contributed by atoms with van der Waals surface area (Å²) in [4.78, 5) is 19.0. The highest BCUT2D eigenvalue weighted by molar-refractivity contribution is 7.19. The molecule has 2 aromatic rings. The number of halogens is 4. The van der Waals surface area contributed by atoms with Crippen molar-refractivity contribution in [2.45, 2.75) is 45.0 Å². The number of nitrogens with zero attached hydrogens (tertiary/aromatic N) is 2. The largest absolute Gasteiger partial charge is 0.475 e. The zero-order valence-corrected chi connectivity index (χ0v) is 17.1. The van der Waals surface area contributed by atoms with Crippen LogP contribution < -0.4 is 14.8 Å². The molecule has 0 spiro atoms. The highest BCUT2D eigenvalue weighted by Gasteiger charge is 2.31. The summed E-state index contributed by atoms with van der Waals surface area (Å²) in [7, 11) is 0. The van der Waals surface area contributed by atoms with Gasteiger partial charge >= 0.3 is 6.18 Å². The summed E-state index contributed by atoms with van der Waals surface area (Å²) in [6.45, 7) is 2.47. The number of rotatable bonds is 9. The predicted octanol–water partition coefficient (Wildman–Crippen LogP) is 3.47. The average Bonchev–Trinajstić information content (AvgIpc) is 2.98. The van der Waals surface area contributed by atoms with Crippen molar-refractivity contribution in [1.82, 2.24) is 15.3 Å². The Kier molecular flexibility index (Phi) is 6.96.